The Kier molecular flexibility index (Phi) is 4.37. The van der Waals surface area contributed by atoms with Crippen LogP contribution in [0.4, 0.5) is 0 Å². The lowest BCUT2D eigenvalue weighted by Gasteiger charge is -2.09. The van der Waals surface area contributed by atoms with Gasteiger partial charge >= 0.3 is 5.97 Å². The van der Waals surface area contributed by atoms with Gasteiger partial charge in [0.25, 0.3) is 0 Å². The van der Waals surface area contributed by atoms with Crippen molar-refractivity contribution in [1.82, 2.24) is 4.57 Å². The van der Waals surface area contributed by atoms with Crippen LogP contribution in [-0.2, 0) is 13.0 Å². The summed E-state index contributed by atoms with van der Waals surface area (Å²) in [5, 5.41) is 10.7. The molecule has 1 aromatic heterocycles. The van der Waals surface area contributed by atoms with Gasteiger partial charge in [0, 0.05) is 24.2 Å². The number of hydrogen-bond donors (Lipinski definition) is 2. The smallest absolute Gasteiger partial charge is 0.337 e. The normalized spacial score (nSPS) is 11.5. The van der Waals surface area contributed by atoms with Crippen LogP contribution in [0, 0.1) is 6.92 Å². The topological polar surface area (TPSA) is 68.2 Å². The van der Waals surface area contributed by atoms with E-state index in [1.807, 2.05) is 6.92 Å². The van der Waals surface area contributed by atoms with E-state index in [1.165, 1.54) is 5.56 Å². The van der Waals surface area contributed by atoms with Crippen LogP contribution >= 0.6 is 0 Å². The van der Waals surface area contributed by atoms with E-state index in [2.05, 4.69) is 31.4 Å². The molecule has 0 amide bonds. The van der Waals surface area contributed by atoms with Crippen molar-refractivity contribution in [1.29, 1.82) is 0 Å². The molecule has 0 saturated carbocycles. The van der Waals surface area contributed by atoms with Crippen LogP contribution in [0.25, 0.3) is 10.9 Å². The summed E-state index contributed by atoms with van der Waals surface area (Å²) in [6.07, 6.45) is 0.828. The molecule has 0 aliphatic carbocycles. The zero-order chi connectivity index (χ0) is 15.7. The second-order valence-electron chi connectivity index (χ2n) is 5.79. The third-order valence-corrected chi connectivity index (χ3v) is 4.09. The van der Waals surface area contributed by atoms with Gasteiger partial charge in [0.1, 0.15) is 0 Å². The highest BCUT2D eigenvalue weighted by Crippen LogP contribution is 2.34. The molecule has 114 valence electrons. The Morgan fingerprint density at radius 1 is 1.38 bits per heavy atom. The van der Waals surface area contributed by atoms with Gasteiger partial charge < -0.3 is 15.4 Å². The lowest BCUT2D eigenvalue weighted by molar-refractivity contribution is 0.0698. The molecule has 0 fully saturated rings. The fraction of sp³-hybridized carbons (Fsp3) is 0.471. The minimum Gasteiger partial charge on any atom is -0.478 e. The molecule has 0 aliphatic rings. The number of aromatic carboxylic acids is 1. The Morgan fingerprint density at radius 3 is 2.52 bits per heavy atom. The van der Waals surface area contributed by atoms with Crippen LogP contribution in [0.5, 0.6) is 0 Å². The van der Waals surface area contributed by atoms with Crippen molar-refractivity contribution in [3.05, 3.63) is 34.5 Å². The number of aromatic nitrogens is 1. The van der Waals surface area contributed by atoms with Gasteiger partial charge in [-0.3, -0.25) is 0 Å². The number of carboxylic acid groups (broad SMARTS) is 1. The number of hydrogen-bond acceptors (Lipinski definition) is 2. The van der Waals surface area contributed by atoms with Crippen molar-refractivity contribution in [2.75, 3.05) is 6.54 Å². The molecule has 0 spiro atoms. The minimum absolute atomic E-state index is 0.347. The molecular weight excluding hydrogens is 264 g/mol. The summed E-state index contributed by atoms with van der Waals surface area (Å²) in [5.41, 5.74) is 10.3. The molecule has 3 N–H and O–H groups in total. The first-order chi connectivity index (χ1) is 9.92. The van der Waals surface area contributed by atoms with Crippen LogP contribution in [0.15, 0.2) is 12.1 Å². The fourth-order valence-electron chi connectivity index (χ4n) is 3.20. The largest absolute Gasteiger partial charge is 0.478 e. The van der Waals surface area contributed by atoms with Crippen molar-refractivity contribution in [3.63, 3.8) is 0 Å². The number of carbonyl (C=O) groups is 1. The van der Waals surface area contributed by atoms with Crippen LogP contribution in [0.1, 0.15) is 53.9 Å². The summed E-state index contributed by atoms with van der Waals surface area (Å²) in [4.78, 5) is 11.7. The van der Waals surface area contributed by atoms with Gasteiger partial charge in [0.05, 0.1) is 11.1 Å². The molecule has 21 heavy (non-hydrogen) atoms. The molecule has 0 saturated heterocycles. The molecule has 0 aliphatic heterocycles. The van der Waals surface area contributed by atoms with E-state index in [9.17, 15) is 9.90 Å². The van der Waals surface area contributed by atoms with Gasteiger partial charge in [0.2, 0.25) is 0 Å². The third-order valence-electron chi connectivity index (χ3n) is 4.09. The van der Waals surface area contributed by atoms with E-state index in [1.54, 1.807) is 6.07 Å². The summed E-state index contributed by atoms with van der Waals surface area (Å²) in [7, 11) is 0. The van der Waals surface area contributed by atoms with E-state index < -0.39 is 5.97 Å². The zero-order valence-electron chi connectivity index (χ0n) is 13.2. The Balaban J connectivity index is 2.95. The van der Waals surface area contributed by atoms with Crippen LogP contribution in [-0.4, -0.2) is 22.2 Å². The lowest BCUT2D eigenvalue weighted by Crippen LogP contribution is -2.13. The monoisotopic (exact) mass is 288 g/mol. The number of aryl methyl sites for hydroxylation is 1. The number of nitrogens with zero attached hydrogens (tertiary/aromatic N) is 1. The first-order valence-electron chi connectivity index (χ1n) is 7.51. The number of carboxylic acids is 1. The highest BCUT2D eigenvalue weighted by Gasteiger charge is 2.21. The van der Waals surface area contributed by atoms with Crippen molar-refractivity contribution in [2.24, 2.45) is 5.73 Å². The van der Waals surface area contributed by atoms with Gasteiger partial charge in [-0.25, -0.2) is 4.79 Å². The fourth-order valence-corrected chi connectivity index (χ4v) is 3.20. The summed E-state index contributed by atoms with van der Waals surface area (Å²) in [5.74, 6) is -0.526. The van der Waals surface area contributed by atoms with E-state index in [-0.39, 0.29) is 0 Å². The van der Waals surface area contributed by atoms with E-state index in [4.69, 9.17) is 5.73 Å². The molecule has 1 aromatic carbocycles. The van der Waals surface area contributed by atoms with Crippen LogP contribution in [0.3, 0.4) is 0 Å². The number of nitrogens with two attached hydrogens (primary N) is 1. The van der Waals surface area contributed by atoms with E-state index in [0.717, 1.165) is 28.6 Å². The van der Waals surface area contributed by atoms with Crippen molar-refractivity contribution in [3.8, 4) is 0 Å². The predicted octanol–water partition coefficient (Wildman–Crippen LogP) is 3.29. The van der Waals surface area contributed by atoms with Crippen molar-refractivity contribution >= 4 is 16.9 Å². The lowest BCUT2D eigenvalue weighted by atomic mass is 9.96. The highest BCUT2D eigenvalue weighted by molar-refractivity contribution is 6.04. The predicted molar refractivity (Wildman–Crippen MR) is 86.2 cm³/mol. The summed E-state index contributed by atoms with van der Waals surface area (Å²) < 4.78 is 2.06. The molecule has 4 heteroatoms. The number of fused-ring (bicyclic) bond motifs is 1. The quantitative estimate of drug-likeness (QED) is 0.887. The second kappa shape index (κ2) is 5.90. The molecule has 2 rings (SSSR count). The van der Waals surface area contributed by atoms with Gasteiger partial charge in [-0.15, -0.1) is 0 Å². The van der Waals surface area contributed by atoms with Gasteiger partial charge in [-0.05, 0) is 42.5 Å². The SMILES string of the molecule is CCc1cc(C(=O)O)c2c(c1)c(C(C)C)c(C)n2CCN. The average molecular weight is 288 g/mol. The van der Waals surface area contributed by atoms with E-state index >= 15 is 0 Å². The molecular formula is C17H24N2O2. The minimum atomic E-state index is -0.874. The van der Waals surface area contributed by atoms with Crippen LogP contribution in [0.2, 0.25) is 0 Å². The maximum atomic E-state index is 11.7. The van der Waals surface area contributed by atoms with Crippen molar-refractivity contribution < 1.29 is 9.90 Å². The summed E-state index contributed by atoms with van der Waals surface area (Å²) >= 11 is 0. The van der Waals surface area contributed by atoms with Gasteiger partial charge in [-0.2, -0.15) is 0 Å². The molecule has 2 aromatic rings. The maximum Gasteiger partial charge on any atom is 0.337 e. The van der Waals surface area contributed by atoms with E-state index in [0.29, 0.717) is 24.6 Å². The maximum absolute atomic E-state index is 11.7. The highest BCUT2D eigenvalue weighted by atomic mass is 16.4. The van der Waals surface area contributed by atoms with Gasteiger partial charge in [0.15, 0.2) is 0 Å². The Labute approximate surface area is 125 Å². The standard InChI is InChI=1S/C17H24N2O2/c1-5-12-8-13-15(10(2)3)11(4)19(7-6-18)16(13)14(9-12)17(20)21/h8-10H,5-7,18H2,1-4H3,(H,20,21). The molecule has 4 nitrogen and oxygen atoms in total. The Morgan fingerprint density at radius 2 is 2.05 bits per heavy atom. The van der Waals surface area contributed by atoms with Gasteiger partial charge in [-0.1, -0.05) is 20.8 Å². The molecule has 0 radical (unpaired) electrons. The molecule has 0 atom stereocenters. The Hall–Kier alpha value is -1.81. The van der Waals surface area contributed by atoms with Crippen LogP contribution < -0.4 is 5.73 Å². The summed E-state index contributed by atoms with van der Waals surface area (Å²) in [6.45, 7) is 9.53. The Bertz CT molecular complexity index is 684. The first-order valence-corrected chi connectivity index (χ1v) is 7.51. The number of benzene rings is 1. The second-order valence-corrected chi connectivity index (χ2v) is 5.79. The summed E-state index contributed by atoms with van der Waals surface area (Å²) in [6, 6.07) is 3.93. The number of rotatable bonds is 5. The molecule has 0 unspecified atom stereocenters. The third kappa shape index (κ3) is 2.56. The average Bonchev–Trinajstić information content (AvgIpc) is 2.70. The molecule has 1 heterocycles. The van der Waals surface area contributed by atoms with Crippen molar-refractivity contribution in [2.45, 2.75) is 46.6 Å². The zero-order valence-corrected chi connectivity index (χ0v) is 13.2. The molecule has 0 bridgehead atoms. The first kappa shape index (κ1) is 15.6.